The van der Waals surface area contributed by atoms with Crippen molar-refractivity contribution < 1.29 is 14.3 Å². The van der Waals surface area contributed by atoms with E-state index in [2.05, 4.69) is 10.6 Å². The molecule has 0 aromatic carbocycles. The third-order valence-corrected chi connectivity index (χ3v) is 3.10. The fourth-order valence-corrected chi connectivity index (χ4v) is 1.73. The van der Waals surface area contributed by atoms with E-state index in [0.29, 0.717) is 13.1 Å². The summed E-state index contributed by atoms with van der Waals surface area (Å²) in [6.45, 7) is 8.67. The van der Waals surface area contributed by atoms with Crippen LogP contribution in [0.15, 0.2) is 0 Å². The van der Waals surface area contributed by atoms with Crippen LogP contribution in [0, 0.1) is 0 Å². The first kappa shape index (κ1) is 14.9. The molecule has 1 heterocycles. The Kier molecular flexibility index (Phi) is 5.55. The molecule has 0 spiro atoms. The lowest BCUT2D eigenvalue weighted by Gasteiger charge is -2.38. The monoisotopic (exact) mass is 257 g/mol. The minimum absolute atomic E-state index is 0.00368. The van der Waals surface area contributed by atoms with Crippen LogP contribution in [-0.2, 0) is 14.3 Å². The van der Waals surface area contributed by atoms with Gasteiger partial charge < -0.3 is 20.3 Å². The van der Waals surface area contributed by atoms with Crippen molar-refractivity contribution >= 4 is 11.8 Å². The Morgan fingerprint density at radius 2 is 1.94 bits per heavy atom. The van der Waals surface area contributed by atoms with E-state index in [0.717, 1.165) is 13.1 Å². The molecule has 0 aromatic rings. The molecule has 6 heteroatoms. The maximum absolute atomic E-state index is 11.6. The molecule has 104 valence electrons. The fourth-order valence-electron chi connectivity index (χ4n) is 1.73. The lowest BCUT2D eigenvalue weighted by Crippen LogP contribution is -2.59. The molecule has 0 saturated carbocycles. The van der Waals surface area contributed by atoms with Crippen molar-refractivity contribution in [3.05, 3.63) is 0 Å². The lowest BCUT2D eigenvalue weighted by molar-refractivity contribution is -0.139. The number of hydrogen-bond donors (Lipinski definition) is 2. The number of hydrogen-bond acceptors (Lipinski definition) is 4. The molecule has 1 aliphatic rings. The first-order valence-electron chi connectivity index (χ1n) is 6.40. The van der Waals surface area contributed by atoms with Gasteiger partial charge in [0, 0.05) is 26.2 Å². The summed E-state index contributed by atoms with van der Waals surface area (Å²) in [6.07, 6.45) is 0. The van der Waals surface area contributed by atoms with Crippen LogP contribution in [0.25, 0.3) is 0 Å². The minimum atomic E-state index is -0.247. The van der Waals surface area contributed by atoms with Gasteiger partial charge >= 0.3 is 0 Å². The van der Waals surface area contributed by atoms with Gasteiger partial charge in [0.1, 0.15) is 6.61 Å². The molecule has 2 amide bonds. The van der Waals surface area contributed by atoms with Gasteiger partial charge in [-0.15, -0.1) is 0 Å². The van der Waals surface area contributed by atoms with E-state index in [1.54, 1.807) is 4.90 Å². The van der Waals surface area contributed by atoms with Gasteiger partial charge in [0.25, 0.3) is 0 Å². The van der Waals surface area contributed by atoms with Crippen LogP contribution in [0.1, 0.15) is 20.8 Å². The number of rotatable bonds is 7. The minimum Gasteiger partial charge on any atom is -0.363 e. The second-order valence-corrected chi connectivity index (χ2v) is 4.68. The highest BCUT2D eigenvalue weighted by molar-refractivity contribution is 5.85. The topological polar surface area (TPSA) is 70.7 Å². The number of carbonyl (C=O) groups is 2. The zero-order valence-electron chi connectivity index (χ0n) is 11.4. The highest BCUT2D eigenvalue weighted by Gasteiger charge is 2.33. The Morgan fingerprint density at radius 1 is 1.33 bits per heavy atom. The van der Waals surface area contributed by atoms with Crippen LogP contribution >= 0.6 is 0 Å². The van der Waals surface area contributed by atoms with E-state index < -0.39 is 0 Å². The van der Waals surface area contributed by atoms with E-state index in [4.69, 9.17) is 4.74 Å². The number of ether oxygens (including phenoxy) is 1. The molecule has 2 N–H and O–H groups in total. The van der Waals surface area contributed by atoms with Gasteiger partial charge in [-0.25, -0.2) is 0 Å². The quantitative estimate of drug-likeness (QED) is 0.636. The highest BCUT2D eigenvalue weighted by Crippen LogP contribution is 2.14. The molecule has 18 heavy (non-hydrogen) atoms. The zero-order valence-corrected chi connectivity index (χ0v) is 11.4. The molecule has 0 radical (unpaired) electrons. The molecular formula is C12H23N3O3. The molecule has 1 saturated heterocycles. The normalized spacial score (nSPS) is 16.8. The van der Waals surface area contributed by atoms with Crippen LogP contribution in [0.5, 0.6) is 0 Å². The van der Waals surface area contributed by atoms with Crippen molar-refractivity contribution in [2.24, 2.45) is 0 Å². The molecule has 1 aliphatic heterocycles. The average Bonchev–Trinajstić information content (AvgIpc) is 2.33. The second kappa shape index (κ2) is 6.70. The largest absolute Gasteiger partial charge is 0.363 e. The van der Waals surface area contributed by atoms with Gasteiger partial charge in [-0.05, 0) is 20.8 Å². The van der Waals surface area contributed by atoms with Gasteiger partial charge in [-0.2, -0.15) is 0 Å². The third kappa shape index (κ3) is 4.27. The van der Waals surface area contributed by atoms with Crippen molar-refractivity contribution in [2.45, 2.75) is 26.4 Å². The van der Waals surface area contributed by atoms with E-state index in [9.17, 15) is 9.59 Å². The van der Waals surface area contributed by atoms with E-state index in [1.807, 2.05) is 20.8 Å². The molecule has 0 aromatic heterocycles. The molecule has 6 nitrogen and oxygen atoms in total. The Labute approximate surface area is 108 Å². The second-order valence-electron chi connectivity index (χ2n) is 4.68. The first-order chi connectivity index (χ1) is 8.50. The van der Waals surface area contributed by atoms with Crippen LogP contribution in [0.4, 0.5) is 0 Å². The predicted octanol–water partition coefficient (Wildman–Crippen LogP) is -0.650. The summed E-state index contributed by atoms with van der Waals surface area (Å²) in [5.74, 6) is -0.312. The van der Waals surface area contributed by atoms with Crippen molar-refractivity contribution in [2.75, 3.05) is 39.3 Å². The van der Waals surface area contributed by atoms with Gasteiger partial charge in [0.05, 0.1) is 12.1 Å². The van der Waals surface area contributed by atoms with Gasteiger partial charge in [-0.1, -0.05) is 0 Å². The predicted molar refractivity (Wildman–Crippen MR) is 68.2 cm³/mol. The molecule has 1 fully saturated rings. The summed E-state index contributed by atoms with van der Waals surface area (Å²) in [5, 5.41) is 5.67. The SMILES string of the molecule is CCN(CC)C(=O)CNC(=O)COC1(C)CNC1. The van der Waals surface area contributed by atoms with Crippen molar-refractivity contribution in [1.29, 1.82) is 0 Å². The molecule has 0 aliphatic carbocycles. The molecule has 0 unspecified atom stereocenters. The lowest BCUT2D eigenvalue weighted by atomic mass is 10.0. The van der Waals surface area contributed by atoms with Crippen molar-refractivity contribution in [3.8, 4) is 0 Å². The van der Waals surface area contributed by atoms with Gasteiger partial charge in [0.15, 0.2) is 0 Å². The summed E-state index contributed by atoms with van der Waals surface area (Å²) in [7, 11) is 0. The number of likely N-dealkylation sites (N-methyl/N-ethyl adjacent to an activating group) is 1. The summed E-state index contributed by atoms with van der Waals surface area (Å²) < 4.78 is 5.47. The molecule has 0 bridgehead atoms. The van der Waals surface area contributed by atoms with Crippen LogP contribution in [0.2, 0.25) is 0 Å². The molecular weight excluding hydrogens is 234 g/mol. The number of nitrogens with zero attached hydrogens (tertiary/aromatic N) is 1. The number of amides is 2. The molecule has 1 rings (SSSR count). The Bertz CT molecular complexity index is 299. The third-order valence-electron chi connectivity index (χ3n) is 3.10. The van der Waals surface area contributed by atoms with E-state index >= 15 is 0 Å². The van der Waals surface area contributed by atoms with E-state index in [-0.39, 0.29) is 30.6 Å². The zero-order chi connectivity index (χ0) is 13.6. The first-order valence-corrected chi connectivity index (χ1v) is 6.40. The van der Waals surface area contributed by atoms with Gasteiger partial charge in [-0.3, -0.25) is 9.59 Å². The maximum atomic E-state index is 11.6. The fraction of sp³-hybridized carbons (Fsp3) is 0.833. The van der Waals surface area contributed by atoms with Gasteiger partial charge in [0.2, 0.25) is 11.8 Å². The number of carbonyl (C=O) groups excluding carboxylic acids is 2. The smallest absolute Gasteiger partial charge is 0.246 e. The van der Waals surface area contributed by atoms with Crippen LogP contribution in [0.3, 0.4) is 0 Å². The van der Waals surface area contributed by atoms with E-state index in [1.165, 1.54) is 0 Å². The summed E-state index contributed by atoms with van der Waals surface area (Å²) in [6, 6.07) is 0. The summed E-state index contributed by atoms with van der Waals surface area (Å²) in [5.41, 5.74) is -0.236. The standard InChI is InChI=1S/C12H23N3O3/c1-4-15(5-2)11(17)6-14-10(16)7-18-12(3)8-13-9-12/h13H,4-9H2,1-3H3,(H,14,16). The van der Waals surface area contributed by atoms with Crippen molar-refractivity contribution in [3.63, 3.8) is 0 Å². The summed E-state index contributed by atoms with van der Waals surface area (Å²) in [4.78, 5) is 24.8. The van der Waals surface area contributed by atoms with Crippen molar-refractivity contribution in [1.82, 2.24) is 15.5 Å². The average molecular weight is 257 g/mol. The Balaban J connectivity index is 2.18. The Morgan fingerprint density at radius 3 is 2.39 bits per heavy atom. The summed E-state index contributed by atoms with van der Waals surface area (Å²) >= 11 is 0. The highest BCUT2D eigenvalue weighted by atomic mass is 16.5. The van der Waals surface area contributed by atoms with Crippen LogP contribution in [-0.4, -0.2) is 61.6 Å². The van der Waals surface area contributed by atoms with Crippen LogP contribution < -0.4 is 10.6 Å². The molecule has 0 atom stereocenters. The Hall–Kier alpha value is -1.14. The number of nitrogens with one attached hydrogen (secondary N) is 2. The maximum Gasteiger partial charge on any atom is 0.246 e.